The van der Waals surface area contributed by atoms with E-state index in [4.69, 9.17) is 0 Å². The van der Waals surface area contributed by atoms with Crippen LogP contribution in [0.25, 0.3) is 64.7 Å². The van der Waals surface area contributed by atoms with E-state index in [1.807, 2.05) is 23.7 Å². The Morgan fingerprint density at radius 3 is 1.54 bits per heavy atom. The van der Waals surface area contributed by atoms with Crippen molar-refractivity contribution in [2.45, 2.75) is 0 Å². The summed E-state index contributed by atoms with van der Waals surface area (Å²) in [5, 5.41) is 2.47. The second kappa shape index (κ2) is 13.0. The van der Waals surface area contributed by atoms with E-state index in [0.717, 1.165) is 17.1 Å². The van der Waals surface area contributed by atoms with Crippen LogP contribution in [0.4, 0.5) is 17.1 Å². The van der Waals surface area contributed by atoms with E-state index in [9.17, 15) is 0 Å². The Bertz CT molecular complexity index is 2550. The van der Waals surface area contributed by atoms with Crippen LogP contribution in [0.3, 0.4) is 0 Å². The lowest BCUT2D eigenvalue weighted by Gasteiger charge is -2.28. The molecule has 0 unspecified atom stereocenters. The van der Waals surface area contributed by atoms with Crippen LogP contribution in [0.1, 0.15) is 0 Å². The second-order valence-corrected chi connectivity index (χ2v) is 13.5. The fourth-order valence-electron chi connectivity index (χ4n) is 6.91. The van der Waals surface area contributed by atoms with Gasteiger partial charge in [0.15, 0.2) is 0 Å². The van der Waals surface area contributed by atoms with Crippen LogP contribution in [-0.2, 0) is 0 Å². The fraction of sp³-hybridized carbons (Fsp3) is 0. The van der Waals surface area contributed by atoms with Crippen molar-refractivity contribution < 1.29 is 0 Å². The highest BCUT2D eigenvalue weighted by atomic mass is 32.1. The van der Waals surface area contributed by atoms with Gasteiger partial charge < -0.3 is 4.90 Å². The zero-order chi connectivity index (χ0) is 33.3. The second-order valence-electron chi connectivity index (χ2n) is 12.4. The first-order chi connectivity index (χ1) is 24.8. The topological polar surface area (TPSA) is 16.1 Å². The average molecular weight is 657 g/mol. The molecule has 2 nitrogen and oxygen atoms in total. The summed E-state index contributed by atoms with van der Waals surface area (Å²) < 4.78 is 2.56. The van der Waals surface area contributed by atoms with Crippen molar-refractivity contribution in [1.82, 2.24) is 4.98 Å². The van der Waals surface area contributed by atoms with Crippen LogP contribution in [0, 0.1) is 0 Å². The molecule has 2 aromatic heterocycles. The van der Waals surface area contributed by atoms with Crippen LogP contribution in [0.15, 0.2) is 194 Å². The van der Waals surface area contributed by atoms with Crippen LogP contribution < -0.4 is 4.90 Å². The Kier molecular flexibility index (Phi) is 7.73. The minimum Gasteiger partial charge on any atom is -0.310 e. The number of benzene rings is 7. The van der Waals surface area contributed by atoms with Gasteiger partial charge in [0.1, 0.15) is 0 Å². The van der Waals surface area contributed by atoms with Crippen LogP contribution in [-0.4, -0.2) is 4.98 Å². The van der Waals surface area contributed by atoms with Gasteiger partial charge in [0.2, 0.25) is 0 Å². The highest BCUT2D eigenvalue weighted by Gasteiger charge is 2.18. The van der Waals surface area contributed by atoms with Crippen LogP contribution in [0.5, 0.6) is 0 Å². The standard InChI is InChI=1S/C47H32N2S/c1-3-10-33(11-4-1)34-18-20-35(21-19-34)36-22-26-39(27-23-36)49(45-17-8-7-14-41(45)37-12-5-2-6-13-37)40-28-24-38(25-29-40)42-15-9-16-43-44-32-48-31-30-46(44)50-47(42)43/h1-32H. The lowest BCUT2D eigenvalue weighted by Crippen LogP contribution is -2.11. The van der Waals surface area contributed by atoms with E-state index in [1.54, 1.807) is 0 Å². The summed E-state index contributed by atoms with van der Waals surface area (Å²) in [6.45, 7) is 0. The predicted octanol–water partition coefficient (Wildman–Crippen LogP) is 13.6. The van der Waals surface area contributed by atoms with Crippen molar-refractivity contribution in [3.8, 4) is 44.5 Å². The first-order valence-electron chi connectivity index (χ1n) is 16.9. The number of aromatic nitrogens is 1. The monoisotopic (exact) mass is 656 g/mol. The number of nitrogens with zero attached hydrogens (tertiary/aromatic N) is 2. The van der Waals surface area contributed by atoms with Crippen molar-refractivity contribution in [2.75, 3.05) is 4.90 Å². The average Bonchev–Trinajstić information content (AvgIpc) is 3.59. The summed E-state index contributed by atoms with van der Waals surface area (Å²) in [6.07, 6.45) is 3.86. The maximum atomic E-state index is 4.39. The van der Waals surface area contributed by atoms with E-state index in [0.29, 0.717) is 0 Å². The van der Waals surface area contributed by atoms with Gasteiger partial charge in [-0.1, -0.05) is 146 Å². The number of fused-ring (bicyclic) bond motifs is 3. The SMILES string of the molecule is c1ccc(-c2ccc(-c3ccc(N(c4ccc(-c5cccc6c5sc5ccncc56)cc4)c4ccccc4-c4ccccc4)cc3)cc2)cc1. The van der Waals surface area contributed by atoms with Crippen molar-refractivity contribution >= 4 is 48.6 Å². The quantitative estimate of drug-likeness (QED) is 0.170. The summed E-state index contributed by atoms with van der Waals surface area (Å²) in [5.41, 5.74) is 13.0. The first kappa shape index (κ1) is 29.8. The smallest absolute Gasteiger partial charge is 0.0540 e. The van der Waals surface area contributed by atoms with Gasteiger partial charge in [-0.2, -0.15) is 0 Å². The molecule has 0 fully saturated rings. The predicted molar refractivity (Wildman–Crippen MR) is 214 cm³/mol. The number of para-hydroxylation sites is 1. The van der Waals surface area contributed by atoms with Gasteiger partial charge in [0.25, 0.3) is 0 Å². The molecular weight excluding hydrogens is 625 g/mol. The maximum Gasteiger partial charge on any atom is 0.0540 e. The molecule has 0 aliphatic heterocycles. The molecule has 3 heteroatoms. The minimum atomic E-state index is 1.10. The Balaban J connectivity index is 1.12. The molecule has 0 saturated carbocycles. The van der Waals surface area contributed by atoms with Gasteiger partial charge in [0, 0.05) is 49.5 Å². The van der Waals surface area contributed by atoms with Crippen LogP contribution in [0.2, 0.25) is 0 Å². The Morgan fingerprint density at radius 1 is 0.380 bits per heavy atom. The normalized spacial score (nSPS) is 11.2. The van der Waals surface area contributed by atoms with E-state index >= 15 is 0 Å². The third-order valence-electron chi connectivity index (χ3n) is 9.42. The maximum absolute atomic E-state index is 4.39. The van der Waals surface area contributed by atoms with Crippen molar-refractivity contribution in [2.24, 2.45) is 0 Å². The molecular formula is C47H32N2S. The zero-order valence-electron chi connectivity index (χ0n) is 27.3. The summed E-state index contributed by atoms with van der Waals surface area (Å²) in [4.78, 5) is 6.77. The molecule has 2 heterocycles. The van der Waals surface area contributed by atoms with Gasteiger partial charge in [-0.05, 0) is 75.3 Å². The van der Waals surface area contributed by atoms with E-state index < -0.39 is 0 Å². The molecule has 0 amide bonds. The number of hydrogen-bond donors (Lipinski definition) is 0. The van der Waals surface area contributed by atoms with Crippen LogP contribution >= 0.6 is 11.3 Å². The van der Waals surface area contributed by atoms with Crippen molar-refractivity contribution in [3.05, 3.63) is 194 Å². The third kappa shape index (κ3) is 5.54. The third-order valence-corrected chi connectivity index (χ3v) is 10.6. The summed E-state index contributed by atoms with van der Waals surface area (Å²) in [6, 6.07) is 65.4. The fourth-order valence-corrected chi connectivity index (χ4v) is 8.11. The molecule has 50 heavy (non-hydrogen) atoms. The van der Waals surface area contributed by atoms with Gasteiger partial charge in [-0.15, -0.1) is 11.3 Å². The molecule has 0 N–H and O–H groups in total. The Morgan fingerprint density at radius 2 is 0.880 bits per heavy atom. The van der Waals surface area contributed by atoms with Crippen molar-refractivity contribution in [1.29, 1.82) is 0 Å². The molecule has 236 valence electrons. The molecule has 0 aliphatic rings. The number of pyridine rings is 1. The largest absolute Gasteiger partial charge is 0.310 e. The Labute approximate surface area is 296 Å². The van der Waals surface area contributed by atoms with E-state index in [-0.39, 0.29) is 0 Å². The number of hydrogen-bond acceptors (Lipinski definition) is 3. The summed E-state index contributed by atoms with van der Waals surface area (Å²) in [7, 11) is 0. The van der Waals surface area contributed by atoms with Gasteiger partial charge in [0.05, 0.1) is 5.69 Å². The lowest BCUT2D eigenvalue weighted by atomic mass is 9.99. The number of rotatable bonds is 7. The molecule has 0 radical (unpaired) electrons. The first-order valence-corrected chi connectivity index (χ1v) is 17.7. The Hall–Kier alpha value is -6.29. The molecule has 9 rings (SSSR count). The van der Waals surface area contributed by atoms with Gasteiger partial charge in [-0.25, -0.2) is 0 Å². The van der Waals surface area contributed by atoms with E-state index in [2.05, 4.69) is 192 Å². The molecule has 7 aromatic carbocycles. The molecule has 9 aromatic rings. The zero-order valence-corrected chi connectivity index (χ0v) is 28.1. The highest BCUT2D eigenvalue weighted by Crippen LogP contribution is 2.43. The summed E-state index contributed by atoms with van der Waals surface area (Å²) >= 11 is 1.84. The molecule has 0 atom stereocenters. The molecule has 0 bridgehead atoms. The summed E-state index contributed by atoms with van der Waals surface area (Å²) in [5.74, 6) is 0. The molecule has 0 saturated heterocycles. The molecule has 0 spiro atoms. The number of anilines is 3. The van der Waals surface area contributed by atoms with Crippen molar-refractivity contribution in [3.63, 3.8) is 0 Å². The molecule has 0 aliphatic carbocycles. The van der Waals surface area contributed by atoms with E-state index in [1.165, 1.54) is 64.7 Å². The lowest BCUT2D eigenvalue weighted by molar-refractivity contribution is 1.28. The number of thiophene rings is 1. The highest BCUT2D eigenvalue weighted by molar-refractivity contribution is 7.26. The minimum absolute atomic E-state index is 1.10. The van der Waals surface area contributed by atoms with Gasteiger partial charge in [-0.3, -0.25) is 4.98 Å². The van der Waals surface area contributed by atoms with Gasteiger partial charge >= 0.3 is 0 Å².